The van der Waals surface area contributed by atoms with Gasteiger partial charge in [-0.2, -0.15) is 0 Å². The summed E-state index contributed by atoms with van der Waals surface area (Å²) in [5, 5.41) is 9.79. The second kappa shape index (κ2) is 11.6. The topological polar surface area (TPSA) is 106 Å². The molecular formula is C27H49N3O5. The van der Waals surface area contributed by atoms with Crippen LogP contribution in [-0.2, 0) is 23.9 Å². The highest BCUT2D eigenvalue weighted by Crippen LogP contribution is 2.31. The first kappa shape index (κ1) is 29.6. The zero-order chi connectivity index (χ0) is 26.5. The molecule has 2 saturated heterocycles. The number of hydrogen-bond donors (Lipinski definition) is 3. The SMILES string of the molecule is CC1(C)CC(OC(=O)CCCCCCNC(=O)C(=O)OC2CC(C)(C)NC(C)(C)C2)CC(C)(C)N1. The third-order valence-electron chi connectivity index (χ3n) is 6.66. The molecule has 0 aromatic heterocycles. The Labute approximate surface area is 212 Å². The standard InChI is InChI=1S/C27H49N3O5/c1-24(2)15-19(16-25(3,4)29-24)34-21(31)13-11-9-10-12-14-28-22(32)23(33)35-20-17-26(5,6)30-27(7,8)18-20/h19-20,29-30H,9-18H2,1-8H3,(H,28,32). The summed E-state index contributed by atoms with van der Waals surface area (Å²) < 4.78 is 11.2. The number of esters is 2. The van der Waals surface area contributed by atoms with Crippen molar-refractivity contribution in [3.63, 3.8) is 0 Å². The first-order valence-corrected chi connectivity index (χ1v) is 13.2. The average Bonchev–Trinajstić information content (AvgIpc) is 2.61. The molecule has 1 amide bonds. The number of amides is 1. The van der Waals surface area contributed by atoms with Crippen molar-refractivity contribution in [2.75, 3.05) is 6.54 Å². The predicted octanol–water partition coefficient (Wildman–Crippen LogP) is 3.76. The molecule has 0 spiro atoms. The van der Waals surface area contributed by atoms with Crippen LogP contribution >= 0.6 is 0 Å². The van der Waals surface area contributed by atoms with Crippen LogP contribution in [0.5, 0.6) is 0 Å². The quantitative estimate of drug-likeness (QED) is 0.254. The Hall–Kier alpha value is -1.67. The van der Waals surface area contributed by atoms with Crippen molar-refractivity contribution < 1.29 is 23.9 Å². The van der Waals surface area contributed by atoms with Gasteiger partial charge in [0.2, 0.25) is 0 Å². The van der Waals surface area contributed by atoms with E-state index < -0.39 is 11.9 Å². The van der Waals surface area contributed by atoms with Gasteiger partial charge in [-0.25, -0.2) is 4.79 Å². The molecule has 0 aliphatic carbocycles. The van der Waals surface area contributed by atoms with E-state index in [1.807, 2.05) is 0 Å². The smallest absolute Gasteiger partial charge is 0.397 e. The van der Waals surface area contributed by atoms with Gasteiger partial charge >= 0.3 is 17.8 Å². The van der Waals surface area contributed by atoms with E-state index >= 15 is 0 Å². The van der Waals surface area contributed by atoms with Crippen molar-refractivity contribution in [3.05, 3.63) is 0 Å². The molecule has 35 heavy (non-hydrogen) atoms. The minimum Gasteiger partial charge on any atom is -0.462 e. The molecule has 0 radical (unpaired) electrons. The van der Waals surface area contributed by atoms with E-state index in [1.165, 1.54) is 0 Å². The Kier molecular flexibility index (Phi) is 9.79. The fourth-order valence-corrected chi connectivity index (χ4v) is 6.10. The van der Waals surface area contributed by atoms with Crippen molar-refractivity contribution >= 4 is 17.8 Å². The summed E-state index contributed by atoms with van der Waals surface area (Å²) in [5.41, 5.74) is -0.415. The minimum atomic E-state index is -0.810. The normalized spacial score (nSPS) is 23.3. The van der Waals surface area contributed by atoms with Gasteiger partial charge in [-0.3, -0.25) is 9.59 Å². The van der Waals surface area contributed by atoms with Crippen molar-refractivity contribution in [2.45, 2.75) is 148 Å². The Morgan fingerprint density at radius 2 is 1.11 bits per heavy atom. The molecule has 2 aliphatic rings. The zero-order valence-corrected chi connectivity index (χ0v) is 23.3. The second-order valence-corrected chi connectivity index (χ2v) is 13.2. The van der Waals surface area contributed by atoms with E-state index in [1.54, 1.807) is 0 Å². The summed E-state index contributed by atoms with van der Waals surface area (Å²) in [4.78, 5) is 36.6. The number of nitrogens with one attached hydrogen (secondary N) is 3. The van der Waals surface area contributed by atoms with Crippen molar-refractivity contribution in [1.82, 2.24) is 16.0 Å². The Bertz CT molecular complexity index is 728. The molecule has 202 valence electrons. The fraction of sp³-hybridized carbons (Fsp3) is 0.889. The van der Waals surface area contributed by atoms with E-state index in [4.69, 9.17) is 9.47 Å². The highest BCUT2D eigenvalue weighted by atomic mass is 16.6. The zero-order valence-electron chi connectivity index (χ0n) is 23.3. The summed E-state index contributed by atoms with van der Waals surface area (Å²) in [7, 11) is 0. The molecule has 2 fully saturated rings. The maximum absolute atomic E-state index is 12.3. The number of piperidine rings is 2. The summed E-state index contributed by atoms with van der Waals surface area (Å²) >= 11 is 0. The van der Waals surface area contributed by atoms with Gasteiger partial charge in [0, 0.05) is 60.8 Å². The lowest BCUT2D eigenvalue weighted by Crippen LogP contribution is -2.60. The number of rotatable bonds is 9. The van der Waals surface area contributed by atoms with Gasteiger partial charge in [0.15, 0.2) is 0 Å². The summed E-state index contributed by atoms with van der Waals surface area (Å²) in [5.74, 6) is -1.63. The summed E-state index contributed by atoms with van der Waals surface area (Å²) in [6, 6.07) is 0. The third kappa shape index (κ3) is 10.9. The highest BCUT2D eigenvalue weighted by molar-refractivity contribution is 6.32. The van der Waals surface area contributed by atoms with Gasteiger partial charge in [0.1, 0.15) is 12.2 Å². The molecule has 2 heterocycles. The van der Waals surface area contributed by atoms with Crippen LogP contribution in [0.4, 0.5) is 0 Å². The molecule has 0 aromatic rings. The third-order valence-corrected chi connectivity index (χ3v) is 6.66. The van der Waals surface area contributed by atoms with Crippen LogP contribution in [0, 0.1) is 0 Å². The molecule has 0 unspecified atom stereocenters. The van der Waals surface area contributed by atoms with E-state index in [0.717, 1.165) is 38.5 Å². The van der Waals surface area contributed by atoms with Gasteiger partial charge in [-0.1, -0.05) is 12.8 Å². The van der Waals surface area contributed by atoms with Crippen LogP contribution in [0.1, 0.15) is 113 Å². The van der Waals surface area contributed by atoms with Crippen LogP contribution in [0.3, 0.4) is 0 Å². The van der Waals surface area contributed by atoms with Gasteiger partial charge in [-0.05, 0) is 68.2 Å². The van der Waals surface area contributed by atoms with Crippen molar-refractivity contribution in [1.29, 1.82) is 0 Å². The van der Waals surface area contributed by atoms with Crippen molar-refractivity contribution in [3.8, 4) is 0 Å². The van der Waals surface area contributed by atoms with Gasteiger partial charge in [0.05, 0.1) is 0 Å². The Morgan fingerprint density at radius 1 is 0.686 bits per heavy atom. The van der Waals surface area contributed by atoms with Crippen LogP contribution in [-0.4, -0.2) is 58.8 Å². The van der Waals surface area contributed by atoms with Crippen LogP contribution in [0.2, 0.25) is 0 Å². The number of carbonyl (C=O) groups excluding carboxylic acids is 3. The number of hydrogen-bond acceptors (Lipinski definition) is 7. The number of ether oxygens (including phenoxy) is 2. The second-order valence-electron chi connectivity index (χ2n) is 13.2. The highest BCUT2D eigenvalue weighted by Gasteiger charge is 2.40. The molecule has 2 aliphatic heterocycles. The Balaban J connectivity index is 1.57. The van der Waals surface area contributed by atoms with Crippen LogP contribution < -0.4 is 16.0 Å². The average molecular weight is 496 g/mol. The first-order valence-electron chi connectivity index (χ1n) is 13.2. The molecule has 2 rings (SSSR count). The molecule has 0 atom stereocenters. The van der Waals surface area contributed by atoms with E-state index in [9.17, 15) is 14.4 Å². The van der Waals surface area contributed by atoms with Crippen molar-refractivity contribution in [2.24, 2.45) is 0 Å². The molecular weight excluding hydrogens is 446 g/mol. The number of carbonyl (C=O) groups is 3. The van der Waals surface area contributed by atoms with Gasteiger partial charge in [-0.15, -0.1) is 0 Å². The van der Waals surface area contributed by atoms with Gasteiger partial charge < -0.3 is 25.4 Å². The molecule has 8 nitrogen and oxygen atoms in total. The molecule has 3 N–H and O–H groups in total. The molecule has 0 aromatic carbocycles. The maximum atomic E-state index is 12.3. The van der Waals surface area contributed by atoms with Crippen LogP contribution in [0.25, 0.3) is 0 Å². The molecule has 8 heteroatoms. The fourth-order valence-electron chi connectivity index (χ4n) is 6.10. The lowest BCUT2D eigenvalue weighted by molar-refractivity contribution is -0.162. The molecule has 0 saturated carbocycles. The van der Waals surface area contributed by atoms with E-state index in [-0.39, 0.29) is 40.3 Å². The lowest BCUT2D eigenvalue weighted by atomic mass is 9.81. The van der Waals surface area contributed by atoms with E-state index in [0.29, 0.717) is 25.8 Å². The molecule has 0 bridgehead atoms. The van der Waals surface area contributed by atoms with E-state index in [2.05, 4.69) is 71.3 Å². The summed E-state index contributed by atoms with van der Waals surface area (Å²) in [6.45, 7) is 17.3. The van der Waals surface area contributed by atoms with Crippen LogP contribution in [0.15, 0.2) is 0 Å². The minimum absolute atomic E-state index is 0.0502. The maximum Gasteiger partial charge on any atom is 0.397 e. The predicted molar refractivity (Wildman–Crippen MR) is 137 cm³/mol. The first-order chi connectivity index (χ1) is 16.0. The largest absolute Gasteiger partial charge is 0.462 e. The lowest BCUT2D eigenvalue weighted by Gasteiger charge is -2.45. The Morgan fingerprint density at radius 3 is 1.60 bits per heavy atom. The summed E-state index contributed by atoms with van der Waals surface area (Å²) in [6.07, 6.45) is 6.31. The number of unbranched alkanes of at least 4 members (excludes halogenated alkanes) is 3. The van der Waals surface area contributed by atoms with Gasteiger partial charge in [0.25, 0.3) is 0 Å². The monoisotopic (exact) mass is 495 g/mol.